The van der Waals surface area contributed by atoms with Crippen LogP contribution in [0.3, 0.4) is 0 Å². The third-order valence-electron chi connectivity index (χ3n) is 3.10. The first-order chi connectivity index (χ1) is 9.80. The van der Waals surface area contributed by atoms with Gasteiger partial charge >= 0.3 is 6.18 Å². The predicted octanol–water partition coefficient (Wildman–Crippen LogP) is 3.41. The molecular formula is C14H14F3N3O. The highest BCUT2D eigenvalue weighted by Gasteiger charge is 2.34. The molecule has 1 unspecified atom stereocenters. The normalized spacial score (nSPS) is 13.0. The van der Waals surface area contributed by atoms with E-state index in [2.05, 4.69) is 10.4 Å². The van der Waals surface area contributed by atoms with E-state index in [1.165, 1.54) is 29.1 Å². The van der Waals surface area contributed by atoms with Gasteiger partial charge in [0.25, 0.3) is 0 Å². The van der Waals surface area contributed by atoms with Gasteiger partial charge in [-0.2, -0.15) is 18.3 Å². The van der Waals surface area contributed by atoms with Crippen LogP contribution in [0.4, 0.5) is 18.9 Å². The first kappa shape index (κ1) is 15.1. The summed E-state index contributed by atoms with van der Waals surface area (Å²) in [6.07, 6.45) is -2.99. The van der Waals surface area contributed by atoms with Gasteiger partial charge in [0.1, 0.15) is 6.04 Å². The summed E-state index contributed by atoms with van der Waals surface area (Å²) in [6, 6.07) is 5.88. The largest absolute Gasteiger partial charge is 0.418 e. The number of nitrogens with one attached hydrogen (secondary N) is 1. The second-order valence-electron chi connectivity index (χ2n) is 4.63. The quantitative estimate of drug-likeness (QED) is 0.943. The lowest BCUT2D eigenvalue weighted by Gasteiger charge is -2.17. The molecule has 21 heavy (non-hydrogen) atoms. The van der Waals surface area contributed by atoms with Gasteiger partial charge in [0.15, 0.2) is 0 Å². The van der Waals surface area contributed by atoms with E-state index in [-0.39, 0.29) is 5.69 Å². The van der Waals surface area contributed by atoms with Crippen molar-refractivity contribution in [3.8, 4) is 0 Å². The zero-order valence-corrected chi connectivity index (χ0v) is 11.5. The molecule has 7 heteroatoms. The van der Waals surface area contributed by atoms with Crippen molar-refractivity contribution < 1.29 is 18.0 Å². The lowest BCUT2D eigenvalue weighted by Crippen LogP contribution is -2.26. The summed E-state index contributed by atoms with van der Waals surface area (Å²) in [5.41, 5.74) is -0.379. The van der Waals surface area contributed by atoms with Crippen LogP contribution in [-0.4, -0.2) is 15.7 Å². The monoisotopic (exact) mass is 297 g/mol. The number of amides is 1. The van der Waals surface area contributed by atoms with Crippen molar-refractivity contribution in [1.29, 1.82) is 0 Å². The lowest BCUT2D eigenvalue weighted by atomic mass is 10.1. The fraction of sp³-hybridized carbons (Fsp3) is 0.286. The average Bonchev–Trinajstić information content (AvgIpc) is 2.83. The number of aromatic nitrogens is 2. The molecule has 2 rings (SSSR count). The smallest absolute Gasteiger partial charge is 0.324 e. The Morgan fingerprint density at radius 2 is 1.95 bits per heavy atom. The van der Waals surface area contributed by atoms with Crippen LogP contribution in [0.2, 0.25) is 0 Å². The van der Waals surface area contributed by atoms with Crippen molar-refractivity contribution in [2.24, 2.45) is 0 Å². The molecule has 0 aliphatic rings. The summed E-state index contributed by atoms with van der Waals surface area (Å²) < 4.78 is 40.1. The number of nitrogens with zero attached hydrogens (tertiary/aromatic N) is 2. The molecule has 1 atom stereocenters. The van der Waals surface area contributed by atoms with E-state index in [9.17, 15) is 18.0 Å². The highest BCUT2D eigenvalue weighted by molar-refractivity contribution is 5.94. The molecule has 1 amide bonds. The summed E-state index contributed by atoms with van der Waals surface area (Å²) in [7, 11) is 0. The van der Waals surface area contributed by atoms with Gasteiger partial charge < -0.3 is 5.32 Å². The number of hydrogen-bond acceptors (Lipinski definition) is 2. The van der Waals surface area contributed by atoms with E-state index in [0.717, 1.165) is 11.8 Å². The van der Waals surface area contributed by atoms with E-state index < -0.39 is 23.7 Å². The molecule has 1 N–H and O–H groups in total. The number of para-hydroxylation sites is 1. The van der Waals surface area contributed by atoms with Gasteiger partial charge in [0.2, 0.25) is 5.91 Å². The highest BCUT2D eigenvalue weighted by Crippen LogP contribution is 2.34. The van der Waals surface area contributed by atoms with Gasteiger partial charge in [-0.05, 0) is 32.0 Å². The summed E-state index contributed by atoms with van der Waals surface area (Å²) in [5.74, 6) is -0.557. The molecule has 2 aromatic rings. The third-order valence-corrected chi connectivity index (χ3v) is 3.10. The molecule has 0 saturated heterocycles. The summed E-state index contributed by atoms with van der Waals surface area (Å²) in [6.45, 7) is 3.34. The SMILES string of the molecule is Cc1ccnn1C(C)C(=O)Nc1ccccc1C(F)(F)F. The number of hydrogen-bond donors (Lipinski definition) is 1. The van der Waals surface area contributed by atoms with Crippen LogP contribution in [0.15, 0.2) is 36.5 Å². The van der Waals surface area contributed by atoms with Gasteiger partial charge in [-0.1, -0.05) is 12.1 Å². The zero-order chi connectivity index (χ0) is 15.6. The van der Waals surface area contributed by atoms with Crippen molar-refractivity contribution in [2.45, 2.75) is 26.1 Å². The molecule has 0 saturated carbocycles. The summed E-state index contributed by atoms with van der Waals surface area (Å²) in [5, 5.41) is 6.30. The fourth-order valence-electron chi connectivity index (χ4n) is 1.97. The molecule has 0 radical (unpaired) electrons. The van der Waals surface area contributed by atoms with Crippen LogP contribution in [0.1, 0.15) is 24.2 Å². The van der Waals surface area contributed by atoms with Crippen molar-refractivity contribution in [3.63, 3.8) is 0 Å². The Balaban J connectivity index is 2.23. The number of carbonyl (C=O) groups is 1. The molecule has 0 aliphatic heterocycles. The van der Waals surface area contributed by atoms with Crippen molar-refractivity contribution in [2.75, 3.05) is 5.32 Å². The number of rotatable bonds is 3. The van der Waals surface area contributed by atoms with Crippen LogP contribution in [0.25, 0.3) is 0 Å². The van der Waals surface area contributed by atoms with Gasteiger partial charge in [-0.15, -0.1) is 0 Å². The standard InChI is InChI=1S/C14H14F3N3O/c1-9-7-8-18-20(9)10(2)13(21)19-12-6-4-3-5-11(12)14(15,16)17/h3-8,10H,1-2H3,(H,19,21). The maximum atomic E-state index is 12.9. The van der Waals surface area contributed by atoms with Crippen molar-refractivity contribution in [3.05, 3.63) is 47.8 Å². The number of aryl methyl sites for hydroxylation is 1. The van der Waals surface area contributed by atoms with E-state index >= 15 is 0 Å². The Morgan fingerprint density at radius 1 is 1.29 bits per heavy atom. The number of benzene rings is 1. The maximum Gasteiger partial charge on any atom is 0.418 e. The highest BCUT2D eigenvalue weighted by atomic mass is 19.4. The maximum absolute atomic E-state index is 12.9. The predicted molar refractivity (Wildman–Crippen MR) is 71.7 cm³/mol. The first-order valence-electron chi connectivity index (χ1n) is 6.28. The number of alkyl halides is 3. The summed E-state index contributed by atoms with van der Waals surface area (Å²) in [4.78, 5) is 12.1. The van der Waals surface area contributed by atoms with Crippen molar-refractivity contribution >= 4 is 11.6 Å². The van der Waals surface area contributed by atoms with Crippen LogP contribution in [0, 0.1) is 6.92 Å². The van der Waals surface area contributed by atoms with E-state index in [1.807, 2.05) is 0 Å². The van der Waals surface area contributed by atoms with Crippen LogP contribution >= 0.6 is 0 Å². The molecule has 0 aliphatic carbocycles. The number of carbonyl (C=O) groups excluding carboxylic acids is 1. The second kappa shape index (κ2) is 5.59. The molecule has 4 nitrogen and oxygen atoms in total. The molecule has 112 valence electrons. The Bertz CT molecular complexity index is 649. The van der Waals surface area contributed by atoms with Crippen molar-refractivity contribution in [1.82, 2.24) is 9.78 Å². The van der Waals surface area contributed by atoms with Gasteiger partial charge in [-0.25, -0.2) is 0 Å². The average molecular weight is 297 g/mol. The minimum absolute atomic E-state index is 0.258. The summed E-state index contributed by atoms with van der Waals surface area (Å²) >= 11 is 0. The van der Waals surface area contributed by atoms with Gasteiger partial charge in [-0.3, -0.25) is 9.48 Å². The lowest BCUT2D eigenvalue weighted by molar-refractivity contribution is -0.137. The van der Waals surface area contributed by atoms with Gasteiger partial charge in [0, 0.05) is 11.9 Å². The first-order valence-corrected chi connectivity index (χ1v) is 6.28. The topological polar surface area (TPSA) is 46.9 Å². The van der Waals surface area contributed by atoms with E-state index in [1.54, 1.807) is 19.9 Å². The van der Waals surface area contributed by atoms with E-state index in [0.29, 0.717) is 0 Å². The second-order valence-corrected chi connectivity index (χ2v) is 4.63. The Hall–Kier alpha value is -2.31. The number of anilines is 1. The Morgan fingerprint density at radius 3 is 2.52 bits per heavy atom. The van der Waals surface area contributed by atoms with Crippen LogP contribution in [0.5, 0.6) is 0 Å². The molecule has 1 aromatic heterocycles. The molecule has 1 aromatic carbocycles. The van der Waals surface area contributed by atoms with Crippen LogP contribution < -0.4 is 5.32 Å². The molecule has 1 heterocycles. The Kier molecular flexibility index (Phi) is 4.02. The molecule has 0 bridgehead atoms. The van der Waals surface area contributed by atoms with E-state index in [4.69, 9.17) is 0 Å². The minimum Gasteiger partial charge on any atom is -0.324 e. The molecular weight excluding hydrogens is 283 g/mol. The molecule has 0 spiro atoms. The third kappa shape index (κ3) is 3.24. The zero-order valence-electron chi connectivity index (χ0n) is 11.5. The Labute approximate surface area is 119 Å². The van der Waals surface area contributed by atoms with Crippen LogP contribution in [-0.2, 0) is 11.0 Å². The molecule has 0 fully saturated rings. The minimum atomic E-state index is -4.52. The van der Waals surface area contributed by atoms with Gasteiger partial charge in [0.05, 0.1) is 11.3 Å². The number of halogens is 3. The fourth-order valence-corrected chi connectivity index (χ4v) is 1.97.